The number of amides is 1. The number of rotatable bonds is 3. The molecule has 1 aromatic carbocycles. The molecule has 0 N–H and O–H groups in total. The van der Waals surface area contributed by atoms with E-state index in [4.69, 9.17) is 4.74 Å². The molecule has 1 aromatic rings. The van der Waals surface area contributed by atoms with Crippen molar-refractivity contribution in [3.63, 3.8) is 0 Å². The van der Waals surface area contributed by atoms with Gasteiger partial charge in [-0.05, 0) is 49.4 Å². The van der Waals surface area contributed by atoms with E-state index < -0.39 is 0 Å². The van der Waals surface area contributed by atoms with Crippen molar-refractivity contribution in [1.29, 1.82) is 0 Å². The third-order valence-electron chi connectivity index (χ3n) is 4.43. The lowest BCUT2D eigenvalue weighted by Gasteiger charge is -2.22. The van der Waals surface area contributed by atoms with Crippen molar-refractivity contribution >= 4 is 17.6 Å². The van der Waals surface area contributed by atoms with Gasteiger partial charge in [0.1, 0.15) is 0 Å². The molecule has 1 amide bonds. The first-order valence-electron chi connectivity index (χ1n) is 7.89. The SMILES string of the molecule is COC(=O)c1cc(C2C=CCCC2)cc(N2CCCC2=O)c1. The van der Waals surface area contributed by atoms with Gasteiger partial charge in [-0.25, -0.2) is 4.79 Å². The Hall–Kier alpha value is -2.10. The summed E-state index contributed by atoms with van der Waals surface area (Å²) >= 11 is 0. The number of nitrogens with zero attached hydrogens (tertiary/aromatic N) is 1. The molecule has 1 heterocycles. The third kappa shape index (κ3) is 2.91. The van der Waals surface area contributed by atoms with Crippen LogP contribution in [0.4, 0.5) is 5.69 Å². The van der Waals surface area contributed by atoms with Crippen LogP contribution in [0, 0.1) is 0 Å². The molecule has 1 unspecified atom stereocenters. The van der Waals surface area contributed by atoms with Gasteiger partial charge in [0.15, 0.2) is 0 Å². The number of carbonyl (C=O) groups is 2. The van der Waals surface area contributed by atoms with Gasteiger partial charge in [-0.15, -0.1) is 0 Å². The fourth-order valence-electron chi connectivity index (χ4n) is 3.25. The van der Waals surface area contributed by atoms with E-state index in [0.717, 1.165) is 43.5 Å². The fourth-order valence-corrected chi connectivity index (χ4v) is 3.25. The van der Waals surface area contributed by atoms with Gasteiger partial charge in [0.2, 0.25) is 5.91 Å². The fraction of sp³-hybridized carbons (Fsp3) is 0.444. The Bertz CT molecular complexity index is 621. The standard InChI is InChI=1S/C18H21NO3/c1-22-18(21)15-10-14(13-6-3-2-4-7-13)11-16(12-15)19-9-5-8-17(19)20/h3,6,10-13H,2,4-5,7-9H2,1H3. The summed E-state index contributed by atoms with van der Waals surface area (Å²) in [7, 11) is 1.39. The number of carbonyl (C=O) groups excluding carboxylic acids is 2. The van der Waals surface area contributed by atoms with E-state index >= 15 is 0 Å². The maximum absolute atomic E-state index is 12.0. The lowest BCUT2D eigenvalue weighted by atomic mass is 9.88. The summed E-state index contributed by atoms with van der Waals surface area (Å²) in [5, 5.41) is 0. The molecule has 1 saturated heterocycles. The Morgan fingerprint density at radius 3 is 2.77 bits per heavy atom. The van der Waals surface area contributed by atoms with Crippen LogP contribution >= 0.6 is 0 Å². The number of anilines is 1. The minimum Gasteiger partial charge on any atom is -0.465 e. The summed E-state index contributed by atoms with van der Waals surface area (Å²) in [5.41, 5.74) is 2.43. The monoisotopic (exact) mass is 299 g/mol. The van der Waals surface area contributed by atoms with E-state index in [1.165, 1.54) is 7.11 Å². The number of methoxy groups -OCH3 is 1. The normalized spacial score (nSPS) is 21.2. The molecule has 1 atom stereocenters. The zero-order valence-corrected chi connectivity index (χ0v) is 12.9. The average molecular weight is 299 g/mol. The predicted molar refractivity (Wildman–Crippen MR) is 85.1 cm³/mol. The highest BCUT2D eigenvalue weighted by atomic mass is 16.5. The maximum Gasteiger partial charge on any atom is 0.337 e. The molecule has 0 spiro atoms. The third-order valence-corrected chi connectivity index (χ3v) is 4.43. The van der Waals surface area contributed by atoms with Crippen LogP contribution in [0.1, 0.15) is 53.9 Å². The van der Waals surface area contributed by atoms with Crippen molar-refractivity contribution in [2.24, 2.45) is 0 Å². The van der Waals surface area contributed by atoms with E-state index in [9.17, 15) is 9.59 Å². The summed E-state index contributed by atoms with van der Waals surface area (Å²) in [6.45, 7) is 0.726. The van der Waals surface area contributed by atoms with E-state index in [1.807, 2.05) is 6.07 Å². The lowest BCUT2D eigenvalue weighted by molar-refractivity contribution is -0.117. The molecular formula is C18H21NO3. The van der Waals surface area contributed by atoms with Crippen molar-refractivity contribution in [1.82, 2.24) is 0 Å². The summed E-state index contributed by atoms with van der Waals surface area (Å²) in [6, 6.07) is 5.72. The van der Waals surface area contributed by atoms with Gasteiger partial charge >= 0.3 is 5.97 Å². The van der Waals surface area contributed by atoms with Gasteiger partial charge < -0.3 is 9.64 Å². The van der Waals surface area contributed by atoms with Gasteiger partial charge in [0.05, 0.1) is 12.7 Å². The molecule has 4 nitrogen and oxygen atoms in total. The number of benzene rings is 1. The molecular weight excluding hydrogens is 278 g/mol. The molecule has 0 radical (unpaired) electrons. The Balaban J connectivity index is 2.01. The lowest BCUT2D eigenvalue weighted by Crippen LogP contribution is -2.24. The van der Waals surface area contributed by atoms with E-state index in [-0.39, 0.29) is 11.9 Å². The maximum atomic E-state index is 12.0. The van der Waals surface area contributed by atoms with Crippen LogP contribution < -0.4 is 4.90 Å². The minimum atomic E-state index is -0.352. The van der Waals surface area contributed by atoms with Crippen LogP contribution in [0.3, 0.4) is 0 Å². The van der Waals surface area contributed by atoms with Crippen LogP contribution in [-0.2, 0) is 9.53 Å². The summed E-state index contributed by atoms with van der Waals surface area (Å²) in [5.74, 6) is 0.0940. The Kier molecular flexibility index (Phi) is 4.27. The van der Waals surface area contributed by atoms with E-state index in [1.54, 1.807) is 11.0 Å². The van der Waals surface area contributed by atoms with Gasteiger partial charge in [-0.1, -0.05) is 12.2 Å². The highest BCUT2D eigenvalue weighted by molar-refractivity contribution is 5.97. The zero-order chi connectivity index (χ0) is 15.5. The summed E-state index contributed by atoms with van der Waals surface area (Å²) < 4.78 is 4.86. The zero-order valence-electron chi connectivity index (χ0n) is 12.9. The highest BCUT2D eigenvalue weighted by Crippen LogP contribution is 2.32. The molecule has 1 aliphatic carbocycles. The van der Waals surface area contributed by atoms with Crippen LogP contribution in [0.2, 0.25) is 0 Å². The Labute approximate surface area is 130 Å². The van der Waals surface area contributed by atoms with Crippen LogP contribution in [-0.4, -0.2) is 25.5 Å². The van der Waals surface area contributed by atoms with Gasteiger partial charge in [0, 0.05) is 24.6 Å². The number of ether oxygens (including phenoxy) is 1. The summed E-state index contributed by atoms with van der Waals surface area (Å²) in [6.07, 6.45) is 9.21. The number of allylic oxidation sites excluding steroid dienone is 2. The van der Waals surface area contributed by atoms with E-state index in [2.05, 4.69) is 18.2 Å². The smallest absolute Gasteiger partial charge is 0.337 e. The average Bonchev–Trinajstić information content (AvgIpc) is 3.00. The molecule has 22 heavy (non-hydrogen) atoms. The van der Waals surface area contributed by atoms with Crippen molar-refractivity contribution in [2.45, 2.75) is 38.0 Å². The molecule has 1 aliphatic heterocycles. The molecule has 0 aromatic heterocycles. The van der Waals surface area contributed by atoms with Gasteiger partial charge in [0.25, 0.3) is 0 Å². The van der Waals surface area contributed by atoms with Gasteiger partial charge in [-0.2, -0.15) is 0 Å². The molecule has 116 valence electrons. The topological polar surface area (TPSA) is 46.6 Å². The predicted octanol–water partition coefficient (Wildman–Crippen LogP) is 3.42. The molecule has 0 bridgehead atoms. The van der Waals surface area contributed by atoms with Crippen molar-refractivity contribution in [2.75, 3.05) is 18.6 Å². The van der Waals surface area contributed by atoms with Crippen molar-refractivity contribution in [3.05, 3.63) is 41.5 Å². The van der Waals surface area contributed by atoms with Crippen LogP contribution in [0.25, 0.3) is 0 Å². The summed E-state index contributed by atoms with van der Waals surface area (Å²) in [4.78, 5) is 25.7. The van der Waals surface area contributed by atoms with Gasteiger partial charge in [-0.3, -0.25) is 4.79 Å². The molecule has 4 heteroatoms. The largest absolute Gasteiger partial charge is 0.465 e. The first kappa shape index (κ1) is 14.8. The number of hydrogen-bond donors (Lipinski definition) is 0. The Morgan fingerprint density at radius 2 is 2.14 bits per heavy atom. The minimum absolute atomic E-state index is 0.132. The quantitative estimate of drug-likeness (QED) is 0.634. The van der Waals surface area contributed by atoms with Crippen LogP contribution in [0.5, 0.6) is 0 Å². The first-order valence-corrected chi connectivity index (χ1v) is 7.89. The molecule has 2 aliphatic rings. The molecule has 1 fully saturated rings. The van der Waals surface area contributed by atoms with Crippen molar-refractivity contribution < 1.29 is 14.3 Å². The second-order valence-corrected chi connectivity index (χ2v) is 5.92. The molecule has 3 rings (SSSR count). The number of esters is 1. The van der Waals surface area contributed by atoms with Crippen molar-refractivity contribution in [3.8, 4) is 0 Å². The molecule has 0 saturated carbocycles. The Morgan fingerprint density at radius 1 is 1.27 bits per heavy atom. The first-order chi connectivity index (χ1) is 10.7. The highest BCUT2D eigenvalue weighted by Gasteiger charge is 2.24. The second kappa shape index (κ2) is 6.34. The number of hydrogen-bond acceptors (Lipinski definition) is 3. The van der Waals surface area contributed by atoms with Crippen LogP contribution in [0.15, 0.2) is 30.4 Å². The second-order valence-electron chi connectivity index (χ2n) is 5.92. The van der Waals surface area contributed by atoms with E-state index in [0.29, 0.717) is 17.9 Å².